The molecular formula is C19H21FN2O4S. The first kappa shape index (κ1) is 19.3. The molecule has 0 aliphatic carbocycles. The van der Waals surface area contributed by atoms with E-state index in [0.717, 1.165) is 36.5 Å². The summed E-state index contributed by atoms with van der Waals surface area (Å²) in [6, 6.07) is 12.8. The SMILES string of the molecule is CN(Cc1ccccc1N1CCOCC1)C(=O)c1cccc(S(=O)(=O)F)c1. The maximum absolute atomic E-state index is 13.2. The predicted molar refractivity (Wildman–Crippen MR) is 100 cm³/mol. The van der Waals surface area contributed by atoms with Gasteiger partial charge in [-0.3, -0.25) is 4.79 Å². The molecule has 144 valence electrons. The topological polar surface area (TPSA) is 66.9 Å². The number of amides is 1. The van der Waals surface area contributed by atoms with Crippen molar-refractivity contribution in [1.29, 1.82) is 0 Å². The molecule has 1 aliphatic heterocycles. The van der Waals surface area contributed by atoms with E-state index < -0.39 is 15.1 Å². The summed E-state index contributed by atoms with van der Waals surface area (Å²) in [5.41, 5.74) is 2.14. The van der Waals surface area contributed by atoms with Crippen LogP contribution in [-0.2, 0) is 21.5 Å². The van der Waals surface area contributed by atoms with E-state index in [-0.39, 0.29) is 11.5 Å². The molecule has 8 heteroatoms. The number of hydrogen-bond acceptors (Lipinski definition) is 5. The number of halogens is 1. The maximum atomic E-state index is 13.2. The summed E-state index contributed by atoms with van der Waals surface area (Å²) < 4.78 is 40.8. The molecule has 27 heavy (non-hydrogen) atoms. The molecule has 1 amide bonds. The minimum absolute atomic E-state index is 0.125. The maximum Gasteiger partial charge on any atom is 0.332 e. The van der Waals surface area contributed by atoms with Gasteiger partial charge in [0.25, 0.3) is 5.91 Å². The minimum atomic E-state index is -4.85. The van der Waals surface area contributed by atoms with Gasteiger partial charge in [0.2, 0.25) is 0 Å². The molecule has 0 bridgehead atoms. The van der Waals surface area contributed by atoms with Crippen LogP contribution in [0.5, 0.6) is 0 Å². The number of morpholine rings is 1. The van der Waals surface area contributed by atoms with Gasteiger partial charge in [-0.15, -0.1) is 3.89 Å². The normalized spacial score (nSPS) is 14.8. The molecule has 0 saturated carbocycles. The second-order valence-corrected chi connectivity index (χ2v) is 7.70. The highest BCUT2D eigenvalue weighted by Gasteiger charge is 2.19. The van der Waals surface area contributed by atoms with E-state index in [1.54, 1.807) is 7.05 Å². The van der Waals surface area contributed by atoms with Crippen LogP contribution in [0.15, 0.2) is 53.4 Å². The van der Waals surface area contributed by atoms with Gasteiger partial charge in [-0.1, -0.05) is 24.3 Å². The Morgan fingerprint density at radius 3 is 2.56 bits per heavy atom. The molecule has 0 aromatic heterocycles. The van der Waals surface area contributed by atoms with Crippen molar-refractivity contribution in [3.05, 3.63) is 59.7 Å². The van der Waals surface area contributed by atoms with Crippen molar-refractivity contribution in [1.82, 2.24) is 4.90 Å². The zero-order chi connectivity index (χ0) is 19.4. The minimum Gasteiger partial charge on any atom is -0.378 e. The average molecular weight is 392 g/mol. The Morgan fingerprint density at radius 2 is 1.85 bits per heavy atom. The van der Waals surface area contributed by atoms with Crippen LogP contribution in [-0.4, -0.2) is 52.6 Å². The zero-order valence-electron chi connectivity index (χ0n) is 15.0. The number of carbonyl (C=O) groups is 1. The monoisotopic (exact) mass is 392 g/mol. The third-order valence-electron chi connectivity index (χ3n) is 4.46. The van der Waals surface area contributed by atoms with E-state index in [4.69, 9.17) is 4.74 Å². The lowest BCUT2D eigenvalue weighted by atomic mass is 10.1. The van der Waals surface area contributed by atoms with Crippen molar-refractivity contribution in [2.24, 2.45) is 0 Å². The van der Waals surface area contributed by atoms with Crippen molar-refractivity contribution >= 4 is 21.8 Å². The molecule has 1 saturated heterocycles. The Hall–Kier alpha value is -2.45. The Bertz CT molecular complexity index is 927. The van der Waals surface area contributed by atoms with E-state index in [1.807, 2.05) is 24.3 Å². The molecule has 2 aromatic carbocycles. The number of anilines is 1. The summed E-state index contributed by atoms with van der Waals surface area (Å²) in [5, 5.41) is 0. The summed E-state index contributed by atoms with van der Waals surface area (Å²) in [4.78, 5) is 15.9. The summed E-state index contributed by atoms with van der Waals surface area (Å²) >= 11 is 0. The van der Waals surface area contributed by atoms with Gasteiger partial charge in [-0.2, -0.15) is 8.42 Å². The number of ether oxygens (including phenoxy) is 1. The second kappa shape index (κ2) is 8.06. The fourth-order valence-corrected chi connectivity index (χ4v) is 3.59. The molecule has 2 aromatic rings. The lowest BCUT2D eigenvalue weighted by molar-refractivity contribution is 0.0784. The Kier molecular flexibility index (Phi) is 5.76. The van der Waals surface area contributed by atoms with E-state index >= 15 is 0 Å². The van der Waals surface area contributed by atoms with E-state index in [2.05, 4.69) is 4.90 Å². The highest BCUT2D eigenvalue weighted by molar-refractivity contribution is 7.86. The third kappa shape index (κ3) is 4.64. The molecule has 1 aliphatic rings. The number of benzene rings is 2. The number of hydrogen-bond donors (Lipinski definition) is 0. The van der Waals surface area contributed by atoms with E-state index in [1.165, 1.54) is 17.0 Å². The van der Waals surface area contributed by atoms with Crippen LogP contribution in [0.1, 0.15) is 15.9 Å². The fraction of sp³-hybridized carbons (Fsp3) is 0.316. The molecule has 6 nitrogen and oxygen atoms in total. The van der Waals surface area contributed by atoms with Crippen LogP contribution < -0.4 is 4.90 Å². The first-order chi connectivity index (χ1) is 12.9. The van der Waals surface area contributed by atoms with Crippen molar-refractivity contribution in [2.75, 3.05) is 38.3 Å². The molecule has 0 spiro atoms. The Labute approximate surface area is 158 Å². The van der Waals surface area contributed by atoms with Crippen LogP contribution in [0.3, 0.4) is 0 Å². The van der Waals surface area contributed by atoms with Gasteiger partial charge in [0.15, 0.2) is 0 Å². The Morgan fingerprint density at radius 1 is 1.15 bits per heavy atom. The molecular weight excluding hydrogens is 371 g/mol. The molecule has 0 radical (unpaired) electrons. The van der Waals surface area contributed by atoms with Crippen LogP contribution >= 0.6 is 0 Å². The zero-order valence-corrected chi connectivity index (χ0v) is 15.8. The van der Waals surface area contributed by atoms with Gasteiger partial charge in [0.05, 0.1) is 18.1 Å². The van der Waals surface area contributed by atoms with E-state index in [0.29, 0.717) is 19.8 Å². The van der Waals surface area contributed by atoms with Gasteiger partial charge in [-0.05, 0) is 29.8 Å². The van der Waals surface area contributed by atoms with Gasteiger partial charge >= 0.3 is 10.2 Å². The predicted octanol–water partition coefficient (Wildman–Crippen LogP) is 2.45. The number of rotatable bonds is 5. The van der Waals surface area contributed by atoms with Gasteiger partial charge in [0.1, 0.15) is 0 Å². The second-order valence-electron chi connectivity index (χ2n) is 6.36. The standard InChI is InChI=1S/C19H21FN2O4S/c1-21(19(23)15-6-4-7-17(13-15)27(20,24)25)14-16-5-2-3-8-18(16)22-9-11-26-12-10-22/h2-8,13H,9-12,14H2,1H3. The number of para-hydroxylation sites is 1. The quantitative estimate of drug-likeness (QED) is 0.732. The molecule has 0 unspecified atom stereocenters. The average Bonchev–Trinajstić information content (AvgIpc) is 2.68. The fourth-order valence-electron chi connectivity index (χ4n) is 3.09. The molecule has 0 N–H and O–H groups in total. The lowest BCUT2D eigenvalue weighted by Gasteiger charge is -2.31. The van der Waals surface area contributed by atoms with Gasteiger partial charge < -0.3 is 14.5 Å². The smallest absolute Gasteiger partial charge is 0.332 e. The van der Waals surface area contributed by atoms with Crippen LogP contribution in [0.2, 0.25) is 0 Å². The summed E-state index contributed by atoms with van der Waals surface area (Å²) in [6.07, 6.45) is 0. The van der Waals surface area contributed by atoms with Gasteiger partial charge in [0, 0.05) is 37.9 Å². The summed E-state index contributed by atoms with van der Waals surface area (Å²) in [5.74, 6) is -0.378. The van der Waals surface area contributed by atoms with Crippen LogP contribution in [0.25, 0.3) is 0 Å². The molecule has 1 fully saturated rings. The molecule has 3 rings (SSSR count). The van der Waals surface area contributed by atoms with Crippen molar-refractivity contribution < 1.29 is 21.8 Å². The van der Waals surface area contributed by atoms with Crippen LogP contribution in [0.4, 0.5) is 9.57 Å². The van der Waals surface area contributed by atoms with Crippen LogP contribution in [0, 0.1) is 0 Å². The largest absolute Gasteiger partial charge is 0.378 e. The Balaban J connectivity index is 1.80. The van der Waals surface area contributed by atoms with Gasteiger partial charge in [-0.25, -0.2) is 0 Å². The number of carbonyl (C=O) groups excluding carboxylic acids is 1. The highest BCUT2D eigenvalue weighted by atomic mass is 32.3. The lowest BCUT2D eigenvalue weighted by Crippen LogP contribution is -2.37. The molecule has 1 heterocycles. The number of nitrogens with zero attached hydrogens (tertiary/aromatic N) is 2. The van der Waals surface area contributed by atoms with Crippen molar-refractivity contribution in [3.8, 4) is 0 Å². The summed E-state index contributed by atoms with van der Waals surface area (Å²) in [7, 11) is -3.22. The first-order valence-corrected chi connectivity index (χ1v) is 9.95. The highest BCUT2D eigenvalue weighted by Crippen LogP contribution is 2.23. The van der Waals surface area contributed by atoms with E-state index in [9.17, 15) is 17.1 Å². The molecule has 0 atom stereocenters. The van der Waals surface area contributed by atoms with Crippen molar-refractivity contribution in [2.45, 2.75) is 11.4 Å². The third-order valence-corrected chi connectivity index (χ3v) is 5.28. The summed E-state index contributed by atoms with van der Waals surface area (Å²) in [6.45, 7) is 3.23. The first-order valence-electron chi connectivity index (χ1n) is 8.57. The van der Waals surface area contributed by atoms with Crippen molar-refractivity contribution in [3.63, 3.8) is 0 Å².